The Morgan fingerprint density at radius 3 is 2.59 bits per heavy atom. The standard InChI is InChI=1S/C22H22N8O4/c1-3-32-16-11-9-14(10-12-16)19-18(25-29-30(19)21-20(23)27-34-28-21)22(31)26-24-13-15-7-5-6-8-17(15)33-4-2/h5-13H,3-4H2,1-2H3,(H2,23,27)(H,26,31)/b24-13+. The van der Waals surface area contributed by atoms with Crippen molar-refractivity contribution in [2.24, 2.45) is 5.10 Å². The second kappa shape index (κ2) is 10.3. The minimum Gasteiger partial charge on any atom is -0.494 e. The number of nitrogen functional groups attached to an aromatic ring is 1. The molecule has 4 rings (SSSR count). The molecule has 2 aromatic heterocycles. The van der Waals surface area contributed by atoms with E-state index >= 15 is 0 Å². The Labute approximate surface area is 194 Å². The number of nitrogens with zero attached hydrogens (tertiary/aromatic N) is 6. The molecule has 0 saturated heterocycles. The van der Waals surface area contributed by atoms with Crippen molar-refractivity contribution < 1.29 is 18.9 Å². The highest BCUT2D eigenvalue weighted by Gasteiger charge is 2.25. The molecule has 4 aromatic rings. The molecular formula is C22H22N8O4. The van der Waals surface area contributed by atoms with Crippen LogP contribution in [0.5, 0.6) is 11.5 Å². The lowest BCUT2D eigenvalue weighted by Crippen LogP contribution is -2.19. The van der Waals surface area contributed by atoms with Gasteiger partial charge in [-0.25, -0.2) is 10.1 Å². The molecule has 0 radical (unpaired) electrons. The predicted molar refractivity (Wildman–Crippen MR) is 123 cm³/mol. The molecule has 2 aromatic carbocycles. The van der Waals surface area contributed by atoms with Crippen molar-refractivity contribution in [2.45, 2.75) is 13.8 Å². The number of amides is 1. The van der Waals surface area contributed by atoms with Crippen LogP contribution >= 0.6 is 0 Å². The second-order valence-electron chi connectivity index (χ2n) is 6.80. The Kier molecular flexibility index (Phi) is 6.77. The van der Waals surface area contributed by atoms with E-state index < -0.39 is 5.91 Å². The Hall–Kier alpha value is -4.74. The van der Waals surface area contributed by atoms with Gasteiger partial charge in [0.05, 0.1) is 19.4 Å². The van der Waals surface area contributed by atoms with Gasteiger partial charge in [0.2, 0.25) is 11.6 Å². The lowest BCUT2D eigenvalue weighted by Gasteiger charge is -2.08. The van der Waals surface area contributed by atoms with Gasteiger partial charge in [-0.2, -0.15) is 9.78 Å². The van der Waals surface area contributed by atoms with Gasteiger partial charge in [0.15, 0.2) is 5.69 Å². The molecule has 0 atom stereocenters. The monoisotopic (exact) mass is 462 g/mol. The van der Waals surface area contributed by atoms with Crippen LogP contribution in [-0.4, -0.2) is 50.6 Å². The molecular weight excluding hydrogens is 440 g/mol. The fourth-order valence-electron chi connectivity index (χ4n) is 3.14. The second-order valence-corrected chi connectivity index (χ2v) is 6.80. The van der Waals surface area contributed by atoms with Crippen molar-refractivity contribution >= 4 is 17.9 Å². The first-order chi connectivity index (χ1) is 16.6. The third-order valence-corrected chi connectivity index (χ3v) is 4.61. The largest absolute Gasteiger partial charge is 0.494 e. The van der Waals surface area contributed by atoms with Crippen molar-refractivity contribution in [3.63, 3.8) is 0 Å². The summed E-state index contributed by atoms with van der Waals surface area (Å²) in [7, 11) is 0. The quantitative estimate of drug-likeness (QED) is 0.282. The van der Waals surface area contributed by atoms with Crippen LogP contribution in [0.4, 0.5) is 5.82 Å². The van der Waals surface area contributed by atoms with Crippen LogP contribution < -0.4 is 20.6 Å². The molecule has 0 saturated carbocycles. The Bertz CT molecular complexity index is 1300. The van der Waals surface area contributed by atoms with Crippen molar-refractivity contribution in [3.8, 4) is 28.6 Å². The van der Waals surface area contributed by atoms with E-state index in [2.05, 4.69) is 35.8 Å². The zero-order valence-corrected chi connectivity index (χ0v) is 18.5. The number of anilines is 1. The highest BCUT2D eigenvalue weighted by atomic mass is 16.6. The van der Waals surface area contributed by atoms with Gasteiger partial charge in [-0.15, -0.1) is 5.10 Å². The van der Waals surface area contributed by atoms with Crippen molar-refractivity contribution in [3.05, 3.63) is 59.8 Å². The van der Waals surface area contributed by atoms with Gasteiger partial charge in [-0.05, 0) is 60.6 Å². The number of nitrogens with two attached hydrogens (primary N) is 1. The van der Waals surface area contributed by atoms with Crippen LogP contribution in [0.25, 0.3) is 17.1 Å². The summed E-state index contributed by atoms with van der Waals surface area (Å²) in [4.78, 5) is 13.0. The number of para-hydroxylation sites is 1. The van der Waals surface area contributed by atoms with Gasteiger partial charge in [-0.1, -0.05) is 17.3 Å². The Balaban J connectivity index is 1.66. The number of hydrogen-bond donors (Lipinski definition) is 2. The van der Waals surface area contributed by atoms with Crippen molar-refractivity contribution in [2.75, 3.05) is 18.9 Å². The van der Waals surface area contributed by atoms with Crippen LogP contribution in [0, 0.1) is 0 Å². The molecule has 2 heterocycles. The lowest BCUT2D eigenvalue weighted by molar-refractivity contribution is 0.0950. The predicted octanol–water partition coefficient (Wildman–Crippen LogP) is 2.46. The van der Waals surface area contributed by atoms with E-state index in [9.17, 15) is 4.79 Å². The maximum atomic E-state index is 13.0. The summed E-state index contributed by atoms with van der Waals surface area (Å²) in [6.07, 6.45) is 1.49. The SMILES string of the molecule is CCOc1ccc(-c2c(C(=O)N/N=C/c3ccccc3OCC)nnn2-c2nonc2N)cc1. The van der Waals surface area contributed by atoms with E-state index in [-0.39, 0.29) is 17.3 Å². The summed E-state index contributed by atoms with van der Waals surface area (Å²) < 4.78 is 17.0. The fourth-order valence-corrected chi connectivity index (χ4v) is 3.14. The highest BCUT2D eigenvalue weighted by molar-refractivity contribution is 5.99. The molecule has 0 unspecified atom stereocenters. The maximum Gasteiger partial charge on any atom is 0.294 e. The number of ether oxygens (including phenoxy) is 2. The Morgan fingerprint density at radius 2 is 1.88 bits per heavy atom. The number of nitrogens with one attached hydrogen (secondary N) is 1. The van der Waals surface area contributed by atoms with Crippen molar-refractivity contribution in [1.82, 2.24) is 30.7 Å². The summed E-state index contributed by atoms with van der Waals surface area (Å²) in [5.74, 6) is 0.837. The van der Waals surface area contributed by atoms with E-state index in [4.69, 9.17) is 15.2 Å². The van der Waals surface area contributed by atoms with Crippen LogP contribution in [0.2, 0.25) is 0 Å². The highest BCUT2D eigenvalue weighted by Crippen LogP contribution is 2.28. The molecule has 0 aliphatic rings. The van der Waals surface area contributed by atoms with Crippen LogP contribution in [-0.2, 0) is 0 Å². The lowest BCUT2D eigenvalue weighted by atomic mass is 10.1. The zero-order chi connectivity index (χ0) is 23.9. The van der Waals surface area contributed by atoms with Crippen LogP contribution in [0.15, 0.2) is 58.3 Å². The molecule has 12 nitrogen and oxygen atoms in total. The summed E-state index contributed by atoms with van der Waals surface area (Å²) in [6.45, 7) is 4.81. The van der Waals surface area contributed by atoms with Crippen LogP contribution in [0.1, 0.15) is 29.9 Å². The minimum absolute atomic E-state index is 0.00167. The maximum absolute atomic E-state index is 13.0. The molecule has 0 aliphatic carbocycles. The average Bonchev–Trinajstić information content (AvgIpc) is 3.47. The fraction of sp³-hybridized carbons (Fsp3) is 0.182. The number of carbonyl (C=O) groups excluding carboxylic acids is 1. The van der Waals surface area contributed by atoms with Crippen LogP contribution in [0.3, 0.4) is 0 Å². The first-order valence-corrected chi connectivity index (χ1v) is 10.4. The normalized spacial score (nSPS) is 11.0. The average molecular weight is 462 g/mol. The number of hydrogen-bond acceptors (Lipinski definition) is 10. The van der Waals surface area contributed by atoms with E-state index in [0.29, 0.717) is 41.5 Å². The minimum atomic E-state index is -0.588. The number of rotatable bonds is 9. The molecule has 174 valence electrons. The number of aromatic nitrogens is 5. The molecule has 0 bridgehead atoms. The van der Waals surface area contributed by atoms with E-state index in [0.717, 1.165) is 0 Å². The number of benzene rings is 2. The number of carbonyl (C=O) groups is 1. The molecule has 0 spiro atoms. The molecule has 0 aliphatic heterocycles. The number of hydrazone groups is 1. The zero-order valence-electron chi connectivity index (χ0n) is 18.5. The van der Waals surface area contributed by atoms with Gasteiger partial charge in [0.25, 0.3) is 5.91 Å². The van der Waals surface area contributed by atoms with E-state index in [1.54, 1.807) is 24.3 Å². The molecule has 1 amide bonds. The Morgan fingerprint density at radius 1 is 1.12 bits per heavy atom. The third-order valence-electron chi connectivity index (χ3n) is 4.61. The summed E-state index contributed by atoms with van der Waals surface area (Å²) in [5, 5.41) is 19.5. The van der Waals surface area contributed by atoms with Gasteiger partial charge < -0.3 is 15.2 Å². The molecule has 12 heteroatoms. The van der Waals surface area contributed by atoms with Gasteiger partial charge in [0.1, 0.15) is 17.2 Å². The first kappa shape index (κ1) is 22.5. The van der Waals surface area contributed by atoms with Crippen molar-refractivity contribution in [1.29, 1.82) is 0 Å². The topological polar surface area (TPSA) is 156 Å². The summed E-state index contributed by atoms with van der Waals surface area (Å²) in [6, 6.07) is 14.4. The van der Waals surface area contributed by atoms with E-state index in [1.165, 1.54) is 10.9 Å². The molecule has 3 N–H and O–H groups in total. The first-order valence-electron chi connectivity index (χ1n) is 10.4. The molecule has 34 heavy (non-hydrogen) atoms. The van der Waals surface area contributed by atoms with E-state index in [1.807, 2.05) is 38.1 Å². The molecule has 0 fully saturated rings. The van der Waals surface area contributed by atoms with Gasteiger partial charge in [0, 0.05) is 11.1 Å². The van der Waals surface area contributed by atoms with Gasteiger partial charge in [-0.3, -0.25) is 4.79 Å². The third kappa shape index (κ3) is 4.70. The summed E-state index contributed by atoms with van der Waals surface area (Å²) >= 11 is 0. The van der Waals surface area contributed by atoms with Gasteiger partial charge >= 0.3 is 0 Å². The smallest absolute Gasteiger partial charge is 0.294 e. The summed E-state index contributed by atoms with van der Waals surface area (Å²) in [5.41, 5.74) is 9.97.